The van der Waals surface area contributed by atoms with E-state index in [0.29, 0.717) is 23.5 Å². The second-order valence-electron chi connectivity index (χ2n) is 5.56. The van der Waals surface area contributed by atoms with Gasteiger partial charge in [-0.1, -0.05) is 27.5 Å². The first-order valence-electron chi connectivity index (χ1n) is 6.60. The molecule has 2 aliphatic rings. The standard InChI is InChI=1S/C13H16BrClN2O2S.ClH/c14-9-2-3-11(15)13(5-9)20(18,19)17-6-8-1-4-12(16)10(8)7-17;/h2-3,5,8,10,12H,1,4,6-7,16H2;1H. The summed E-state index contributed by atoms with van der Waals surface area (Å²) in [6.07, 6.45) is 2.02. The van der Waals surface area contributed by atoms with Crippen LogP contribution in [-0.2, 0) is 10.0 Å². The van der Waals surface area contributed by atoms with Crippen LogP contribution >= 0.6 is 39.9 Å². The molecule has 1 saturated carbocycles. The Morgan fingerprint density at radius 3 is 2.67 bits per heavy atom. The van der Waals surface area contributed by atoms with Crippen molar-refractivity contribution >= 4 is 50.0 Å². The van der Waals surface area contributed by atoms with Crippen LogP contribution in [0.15, 0.2) is 27.6 Å². The van der Waals surface area contributed by atoms with Crippen molar-refractivity contribution in [2.45, 2.75) is 23.8 Å². The van der Waals surface area contributed by atoms with Gasteiger partial charge in [0.1, 0.15) is 4.90 Å². The summed E-state index contributed by atoms with van der Waals surface area (Å²) in [6, 6.07) is 5.02. The largest absolute Gasteiger partial charge is 0.327 e. The summed E-state index contributed by atoms with van der Waals surface area (Å²) < 4.78 is 27.7. The molecular formula is C13H17BrCl2N2O2S. The van der Waals surface area contributed by atoms with Gasteiger partial charge in [0.05, 0.1) is 5.02 Å². The zero-order valence-corrected chi connectivity index (χ0v) is 15.2. The average Bonchev–Trinajstić information content (AvgIpc) is 2.95. The lowest BCUT2D eigenvalue weighted by atomic mass is 9.98. The Morgan fingerprint density at radius 1 is 1.29 bits per heavy atom. The first-order valence-corrected chi connectivity index (χ1v) is 9.21. The van der Waals surface area contributed by atoms with Gasteiger partial charge < -0.3 is 5.73 Å². The molecule has 1 saturated heterocycles. The van der Waals surface area contributed by atoms with Gasteiger partial charge in [-0.25, -0.2) is 8.42 Å². The molecular weight excluding hydrogens is 399 g/mol. The molecule has 118 valence electrons. The van der Waals surface area contributed by atoms with Crippen LogP contribution in [0.2, 0.25) is 5.02 Å². The Labute approximate surface area is 144 Å². The summed E-state index contributed by atoms with van der Waals surface area (Å²) in [4.78, 5) is 0.169. The quantitative estimate of drug-likeness (QED) is 0.807. The van der Waals surface area contributed by atoms with Crippen LogP contribution in [0.5, 0.6) is 0 Å². The molecule has 1 aromatic rings. The van der Waals surface area contributed by atoms with Crippen molar-refractivity contribution < 1.29 is 8.42 Å². The van der Waals surface area contributed by atoms with Crippen LogP contribution in [0.25, 0.3) is 0 Å². The van der Waals surface area contributed by atoms with Crippen LogP contribution in [0.1, 0.15) is 12.8 Å². The molecule has 4 nitrogen and oxygen atoms in total. The topological polar surface area (TPSA) is 63.4 Å². The fraction of sp³-hybridized carbons (Fsp3) is 0.538. The van der Waals surface area contributed by atoms with Crippen LogP contribution in [0.3, 0.4) is 0 Å². The van der Waals surface area contributed by atoms with E-state index < -0.39 is 10.0 Å². The maximum Gasteiger partial charge on any atom is 0.244 e. The third kappa shape index (κ3) is 3.12. The summed E-state index contributed by atoms with van der Waals surface area (Å²) in [6.45, 7) is 1.07. The molecule has 2 fully saturated rings. The van der Waals surface area contributed by atoms with Gasteiger partial charge in [0.25, 0.3) is 0 Å². The maximum absolute atomic E-state index is 12.7. The van der Waals surface area contributed by atoms with Gasteiger partial charge in [-0.2, -0.15) is 4.31 Å². The first-order chi connectivity index (χ1) is 9.39. The molecule has 1 aliphatic heterocycles. The number of fused-ring (bicyclic) bond motifs is 1. The highest BCUT2D eigenvalue weighted by molar-refractivity contribution is 9.10. The molecule has 21 heavy (non-hydrogen) atoms. The fourth-order valence-electron chi connectivity index (χ4n) is 3.28. The lowest BCUT2D eigenvalue weighted by Crippen LogP contribution is -2.33. The molecule has 1 aliphatic carbocycles. The second-order valence-corrected chi connectivity index (χ2v) is 8.79. The Balaban J connectivity index is 0.00000161. The summed E-state index contributed by atoms with van der Waals surface area (Å²) in [7, 11) is -3.54. The van der Waals surface area contributed by atoms with E-state index in [0.717, 1.165) is 12.8 Å². The minimum absolute atomic E-state index is 0. The van der Waals surface area contributed by atoms with Gasteiger partial charge in [0.2, 0.25) is 10.0 Å². The molecule has 1 aromatic carbocycles. The van der Waals surface area contributed by atoms with Crippen molar-refractivity contribution in [2.24, 2.45) is 17.6 Å². The van der Waals surface area contributed by atoms with E-state index in [1.807, 2.05) is 0 Å². The number of hydrogen-bond acceptors (Lipinski definition) is 3. The van der Waals surface area contributed by atoms with E-state index in [-0.39, 0.29) is 34.3 Å². The average molecular weight is 416 g/mol. The molecule has 0 spiro atoms. The van der Waals surface area contributed by atoms with E-state index in [9.17, 15) is 8.42 Å². The minimum Gasteiger partial charge on any atom is -0.327 e. The number of nitrogens with zero attached hydrogens (tertiary/aromatic N) is 1. The van der Waals surface area contributed by atoms with Gasteiger partial charge >= 0.3 is 0 Å². The molecule has 3 unspecified atom stereocenters. The fourth-order valence-corrected chi connectivity index (χ4v) is 5.82. The maximum atomic E-state index is 12.7. The number of halogens is 3. The number of rotatable bonds is 2. The highest BCUT2D eigenvalue weighted by Gasteiger charge is 2.45. The van der Waals surface area contributed by atoms with E-state index in [2.05, 4.69) is 15.9 Å². The van der Waals surface area contributed by atoms with Crippen LogP contribution in [0.4, 0.5) is 0 Å². The second kappa shape index (κ2) is 6.34. The molecule has 1 heterocycles. The normalized spacial score (nSPS) is 29.2. The summed E-state index contributed by atoms with van der Waals surface area (Å²) in [5, 5.41) is 0.259. The number of benzene rings is 1. The molecule has 2 N–H and O–H groups in total. The Morgan fingerprint density at radius 2 is 2.00 bits per heavy atom. The summed E-state index contributed by atoms with van der Waals surface area (Å²) >= 11 is 9.35. The monoisotopic (exact) mass is 414 g/mol. The van der Waals surface area contributed by atoms with E-state index in [4.69, 9.17) is 17.3 Å². The van der Waals surface area contributed by atoms with Gasteiger partial charge in [-0.3, -0.25) is 0 Å². The molecule has 0 aromatic heterocycles. The van der Waals surface area contributed by atoms with Crippen molar-refractivity contribution in [3.63, 3.8) is 0 Å². The lowest BCUT2D eigenvalue weighted by molar-refractivity contribution is 0.427. The molecule has 0 bridgehead atoms. The van der Waals surface area contributed by atoms with E-state index in [1.54, 1.807) is 18.2 Å². The summed E-state index contributed by atoms with van der Waals surface area (Å²) in [5.41, 5.74) is 6.06. The predicted molar refractivity (Wildman–Crippen MR) is 89.3 cm³/mol. The molecule has 3 atom stereocenters. The number of hydrogen-bond donors (Lipinski definition) is 1. The van der Waals surface area contributed by atoms with Crippen LogP contribution < -0.4 is 5.73 Å². The predicted octanol–water partition coefficient (Wildman–Crippen LogP) is 2.88. The molecule has 0 radical (unpaired) electrons. The molecule has 3 rings (SSSR count). The Bertz CT molecular complexity index is 641. The zero-order valence-electron chi connectivity index (χ0n) is 11.2. The third-order valence-corrected chi connectivity index (χ3v) is 7.20. The SMILES string of the molecule is Cl.NC1CCC2CN(S(=O)(=O)c3cc(Br)ccc3Cl)CC12. The van der Waals surface area contributed by atoms with Crippen molar-refractivity contribution in [1.82, 2.24) is 4.31 Å². The third-order valence-electron chi connectivity index (χ3n) is 4.39. The Hall–Kier alpha value is 0.150. The lowest BCUT2D eigenvalue weighted by Gasteiger charge is -2.19. The van der Waals surface area contributed by atoms with Crippen molar-refractivity contribution in [3.8, 4) is 0 Å². The van der Waals surface area contributed by atoms with Crippen molar-refractivity contribution in [1.29, 1.82) is 0 Å². The minimum atomic E-state index is -3.54. The summed E-state index contributed by atoms with van der Waals surface area (Å²) in [5.74, 6) is 0.682. The van der Waals surface area contributed by atoms with Crippen LogP contribution in [-0.4, -0.2) is 31.9 Å². The highest BCUT2D eigenvalue weighted by Crippen LogP contribution is 2.40. The van der Waals surface area contributed by atoms with Gasteiger partial charge in [0, 0.05) is 23.6 Å². The van der Waals surface area contributed by atoms with Crippen molar-refractivity contribution in [2.75, 3.05) is 13.1 Å². The van der Waals surface area contributed by atoms with Gasteiger partial charge in [0.15, 0.2) is 0 Å². The van der Waals surface area contributed by atoms with Gasteiger partial charge in [-0.15, -0.1) is 12.4 Å². The smallest absolute Gasteiger partial charge is 0.244 e. The van der Waals surface area contributed by atoms with Crippen LogP contribution in [0, 0.1) is 11.8 Å². The van der Waals surface area contributed by atoms with E-state index in [1.165, 1.54) is 4.31 Å². The molecule has 0 amide bonds. The first kappa shape index (κ1) is 17.5. The van der Waals surface area contributed by atoms with E-state index >= 15 is 0 Å². The zero-order chi connectivity index (χ0) is 14.5. The number of nitrogens with two attached hydrogens (primary N) is 1. The van der Waals surface area contributed by atoms with Gasteiger partial charge in [-0.05, 0) is 42.9 Å². The Kier molecular flexibility index (Phi) is 5.28. The number of sulfonamides is 1. The molecule has 8 heteroatoms. The van der Waals surface area contributed by atoms with Crippen molar-refractivity contribution in [3.05, 3.63) is 27.7 Å². The highest BCUT2D eigenvalue weighted by atomic mass is 79.9.